The summed E-state index contributed by atoms with van der Waals surface area (Å²) < 4.78 is 14.7. The predicted octanol–water partition coefficient (Wildman–Crippen LogP) is 3.44. The maximum Gasteiger partial charge on any atom is 0.257 e. The first kappa shape index (κ1) is 16.4. The minimum Gasteiger partial charge on any atom is -0.336 e. The molecule has 2 rings (SSSR count). The van der Waals surface area contributed by atoms with Gasteiger partial charge in [0.15, 0.2) is 0 Å². The third-order valence-corrected chi connectivity index (χ3v) is 4.39. The number of hydrogen-bond acceptors (Lipinski definition) is 2. The molecule has 21 heavy (non-hydrogen) atoms. The van der Waals surface area contributed by atoms with Crippen LogP contribution in [-0.4, -0.2) is 36.5 Å². The summed E-state index contributed by atoms with van der Waals surface area (Å²) in [5.41, 5.74) is 0.149. The van der Waals surface area contributed by atoms with E-state index in [1.807, 2.05) is 13.8 Å². The van der Waals surface area contributed by atoms with E-state index < -0.39 is 5.82 Å². The Kier molecular flexibility index (Phi) is 5.76. The molecule has 0 saturated carbocycles. The second-order valence-corrected chi connectivity index (χ2v) is 6.80. The van der Waals surface area contributed by atoms with Gasteiger partial charge in [-0.05, 0) is 63.9 Å². The van der Waals surface area contributed by atoms with Crippen molar-refractivity contribution in [2.45, 2.75) is 32.7 Å². The van der Waals surface area contributed by atoms with Crippen molar-refractivity contribution in [3.63, 3.8) is 0 Å². The number of carbonyl (C=O) groups is 1. The first-order valence-electron chi connectivity index (χ1n) is 7.45. The zero-order valence-corrected chi connectivity index (χ0v) is 14.1. The Balaban J connectivity index is 2.14. The van der Waals surface area contributed by atoms with E-state index in [4.69, 9.17) is 0 Å². The zero-order chi connectivity index (χ0) is 15.4. The minimum atomic E-state index is -0.471. The second kappa shape index (κ2) is 7.36. The van der Waals surface area contributed by atoms with E-state index in [9.17, 15) is 9.18 Å². The van der Waals surface area contributed by atoms with E-state index in [1.165, 1.54) is 6.07 Å². The van der Waals surface area contributed by atoms with Crippen LogP contribution in [0.4, 0.5) is 4.39 Å². The molecule has 5 heteroatoms. The number of rotatable bonds is 4. The first-order valence-corrected chi connectivity index (χ1v) is 8.25. The number of nitrogens with zero attached hydrogens (tertiary/aromatic N) is 1. The fourth-order valence-electron chi connectivity index (χ4n) is 2.70. The van der Waals surface area contributed by atoms with Crippen LogP contribution in [0.3, 0.4) is 0 Å². The van der Waals surface area contributed by atoms with Gasteiger partial charge in [-0.2, -0.15) is 0 Å². The largest absolute Gasteiger partial charge is 0.336 e. The lowest BCUT2D eigenvalue weighted by atomic mass is 9.98. The van der Waals surface area contributed by atoms with Crippen LogP contribution < -0.4 is 5.32 Å². The second-order valence-electron chi connectivity index (χ2n) is 5.89. The van der Waals surface area contributed by atoms with Crippen LogP contribution in [-0.2, 0) is 0 Å². The van der Waals surface area contributed by atoms with Gasteiger partial charge in [-0.3, -0.25) is 4.79 Å². The van der Waals surface area contributed by atoms with E-state index >= 15 is 0 Å². The van der Waals surface area contributed by atoms with Crippen LogP contribution in [0, 0.1) is 11.7 Å². The highest BCUT2D eigenvalue weighted by Gasteiger charge is 2.25. The van der Waals surface area contributed by atoms with Crippen LogP contribution in [0.2, 0.25) is 0 Å². The van der Waals surface area contributed by atoms with E-state index in [0.717, 1.165) is 25.9 Å². The fraction of sp³-hybridized carbons (Fsp3) is 0.562. The summed E-state index contributed by atoms with van der Waals surface area (Å²) in [4.78, 5) is 14.4. The van der Waals surface area contributed by atoms with Gasteiger partial charge in [0.25, 0.3) is 5.91 Å². The molecule has 1 heterocycles. The predicted molar refractivity (Wildman–Crippen MR) is 85.9 cm³/mol. The van der Waals surface area contributed by atoms with Gasteiger partial charge >= 0.3 is 0 Å². The van der Waals surface area contributed by atoms with Gasteiger partial charge in [-0.15, -0.1) is 0 Å². The first-order chi connectivity index (χ1) is 9.99. The third kappa shape index (κ3) is 4.27. The average molecular weight is 357 g/mol. The SMILES string of the molecule is CC(C)N(CC1CCCNC1)C(=O)c1ccc(Br)cc1F. The summed E-state index contributed by atoms with van der Waals surface area (Å²) in [6, 6.07) is 4.66. The number of carbonyl (C=O) groups excluding carboxylic acids is 1. The summed E-state index contributed by atoms with van der Waals surface area (Å²) in [6.07, 6.45) is 2.25. The standard InChI is InChI=1S/C16H22BrFN2O/c1-11(2)20(10-12-4-3-7-19-9-12)16(21)14-6-5-13(17)8-15(14)18/h5-6,8,11-12,19H,3-4,7,9-10H2,1-2H3. The van der Waals surface area contributed by atoms with E-state index in [2.05, 4.69) is 21.2 Å². The molecule has 1 aromatic carbocycles. The Morgan fingerprint density at radius 2 is 2.29 bits per heavy atom. The number of hydrogen-bond donors (Lipinski definition) is 1. The number of amides is 1. The smallest absolute Gasteiger partial charge is 0.257 e. The Morgan fingerprint density at radius 1 is 1.52 bits per heavy atom. The molecule has 1 amide bonds. The Morgan fingerprint density at radius 3 is 2.86 bits per heavy atom. The van der Waals surface area contributed by atoms with Crippen molar-refractivity contribution in [2.24, 2.45) is 5.92 Å². The summed E-state index contributed by atoms with van der Waals surface area (Å²) in [7, 11) is 0. The van der Waals surface area contributed by atoms with Gasteiger partial charge in [-0.25, -0.2) is 4.39 Å². The highest BCUT2D eigenvalue weighted by Crippen LogP contribution is 2.20. The summed E-state index contributed by atoms with van der Waals surface area (Å²) >= 11 is 3.22. The molecular weight excluding hydrogens is 335 g/mol. The molecule has 1 fully saturated rings. The van der Waals surface area contributed by atoms with Gasteiger partial charge in [0.2, 0.25) is 0 Å². The van der Waals surface area contributed by atoms with Crippen molar-refractivity contribution in [3.05, 3.63) is 34.1 Å². The maximum absolute atomic E-state index is 14.0. The molecule has 0 radical (unpaired) electrons. The van der Waals surface area contributed by atoms with Crippen molar-refractivity contribution >= 4 is 21.8 Å². The fourth-order valence-corrected chi connectivity index (χ4v) is 3.04. The molecule has 1 atom stereocenters. The normalized spacial score (nSPS) is 18.8. The minimum absolute atomic E-state index is 0.0578. The summed E-state index contributed by atoms with van der Waals surface area (Å²) in [6.45, 7) is 6.61. The number of benzene rings is 1. The monoisotopic (exact) mass is 356 g/mol. The lowest BCUT2D eigenvalue weighted by Gasteiger charge is -2.33. The maximum atomic E-state index is 14.0. The molecule has 1 unspecified atom stereocenters. The van der Waals surface area contributed by atoms with Crippen molar-refractivity contribution < 1.29 is 9.18 Å². The van der Waals surface area contributed by atoms with Gasteiger partial charge < -0.3 is 10.2 Å². The van der Waals surface area contributed by atoms with E-state index in [-0.39, 0.29) is 17.5 Å². The molecule has 0 spiro atoms. The van der Waals surface area contributed by atoms with Crippen LogP contribution in [0.5, 0.6) is 0 Å². The molecule has 0 bridgehead atoms. The highest BCUT2D eigenvalue weighted by atomic mass is 79.9. The molecule has 0 aliphatic carbocycles. The van der Waals surface area contributed by atoms with Crippen molar-refractivity contribution in [2.75, 3.05) is 19.6 Å². The number of nitrogens with one attached hydrogen (secondary N) is 1. The lowest BCUT2D eigenvalue weighted by Crippen LogP contribution is -2.44. The Hall–Kier alpha value is -0.940. The molecule has 0 aromatic heterocycles. The van der Waals surface area contributed by atoms with Crippen molar-refractivity contribution in [1.29, 1.82) is 0 Å². The molecule has 1 saturated heterocycles. The molecule has 3 nitrogen and oxygen atoms in total. The van der Waals surface area contributed by atoms with Gasteiger partial charge in [0.1, 0.15) is 5.82 Å². The molecule has 1 aliphatic rings. The number of piperidine rings is 1. The van der Waals surface area contributed by atoms with Crippen molar-refractivity contribution in [1.82, 2.24) is 10.2 Å². The Bertz CT molecular complexity index is 501. The Labute approximate surface area is 134 Å². The van der Waals surface area contributed by atoms with Crippen molar-refractivity contribution in [3.8, 4) is 0 Å². The van der Waals surface area contributed by atoms with Crippen LogP contribution in [0.25, 0.3) is 0 Å². The molecule has 1 N–H and O–H groups in total. The number of halogens is 2. The van der Waals surface area contributed by atoms with Crippen LogP contribution in [0.15, 0.2) is 22.7 Å². The molecule has 116 valence electrons. The molecule has 1 aliphatic heterocycles. The third-order valence-electron chi connectivity index (χ3n) is 3.90. The average Bonchev–Trinajstić information content (AvgIpc) is 2.45. The summed E-state index contributed by atoms with van der Waals surface area (Å²) in [5, 5.41) is 3.36. The summed E-state index contributed by atoms with van der Waals surface area (Å²) in [5.74, 6) is -0.244. The molecular formula is C16H22BrFN2O. The van der Waals surface area contributed by atoms with Crippen LogP contribution >= 0.6 is 15.9 Å². The van der Waals surface area contributed by atoms with Gasteiger partial charge in [0, 0.05) is 17.1 Å². The van der Waals surface area contributed by atoms with Gasteiger partial charge in [0.05, 0.1) is 5.56 Å². The quantitative estimate of drug-likeness (QED) is 0.895. The van der Waals surface area contributed by atoms with Crippen LogP contribution in [0.1, 0.15) is 37.0 Å². The zero-order valence-electron chi connectivity index (χ0n) is 12.5. The lowest BCUT2D eigenvalue weighted by molar-refractivity contribution is 0.0656. The highest BCUT2D eigenvalue weighted by molar-refractivity contribution is 9.10. The van der Waals surface area contributed by atoms with Gasteiger partial charge in [-0.1, -0.05) is 15.9 Å². The van der Waals surface area contributed by atoms with E-state index in [1.54, 1.807) is 17.0 Å². The topological polar surface area (TPSA) is 32.3 Å². The van der Waals surface area contributed by atoms with E-state index in [0.29, 0.717) is 16.9 Å². The molecule has 1 aromatic rings.